The lowest BCUT2D eigenvalue weighted by Crippen LogP contribution is -2.48. The maximum atomic E-state index is 11.9. The highest BCUT2D eigenvalue weighted by molar-refractivity contribution is 5.87. The smallest absolute Gasteiger partial charge is 0.480 e. The fourth-order valence-corrected chi connectivity index (χ4v) is 2.11. The molecular weight excluding hydrogens is 321 g/mol. The van der Waals surface area contributed by atoms with Gasteiger partial charge in [-0.25, -0.2) is 9.59 Å². The molecule has 0 aromatic heterocycles. The van der Waals surface area contributed by atoms with Crippen molar-refractivity contribution in [1.82, 2.24) is 4.90 Å². The van der Waals surface area contributed by atoms with E-state index in [0.717, 1.165) is 6.42 Å². The molecule has 10 heteroatoms. The Balaban J connectivity index is 0.000000585. The Morgan fingerprint density at radius 2 is 1.74 bits per heavy atom. The number of carboxylic acid groups (broad SMARTS) is 2. The number of carboxylic acids is 2. The summed E-state index contributed by atoms with van der Waals surface area (Å²) in [5.41, 5.74) is 5.78. The highest BCUT2D eigenvalue weighted by Crippen LogP contribution is 2.19. The molecular formula is C13H21F3N2O5. The van der Waals surface area contributed by atoms with Crippen molar-refractivity contribution in [1.29, 1.82) is 0 Å². The van der Waals surface area contributed by atoms with Crippen molar-refractivity contribution in [3.63, 3.8) is 0 Å². The van der Waals surface area contributed by atoms with Crippen LogP contribution >= 0.6 is 0 Å². The molecule has 0 spiro atoms. The molecule has 1 amide bonds. The third-order valence-electron chi connectivity index (χ3n) is 3.11. The minimum absolute atomic E-state index is 0.224. The van der Waals surface area contributed by atoms with Gasteiger partial charge < -0.3 is 20.8 Å². The molecule has 0 aromatic rings. The van der Waals surface area contributed by atoms with Crippen LogP contribution in [0, 0.1) is 5.92 Å². The number of nitrogens with zero attached hydrogens (tertiary/aromatic N) is 1. The van der Waals surface area contributed by atoms with Gasteiger partial charge in [0, 0.05) is 6.54 Å². The maximum absolute atomic E-state index is 11.9. The normalized spacial score (nSPS) is 19.1. The summed E-state index contributed by atoms with van der Waals surface area (Å²) in [5, 5.41) is 16.1. The van der Waals surface area contributed by atoms with Gasteiger partial charge in [0.25, 0.3) is 0 Å². The molecule has 0 radical (unpaired) electrons. The topological polar surface area (TPSA) is 121 Å². The number of carbonyl (C=O) groups excluding carboxylic acids is 1. The fourth-order valence-electron chi connectivity index (χ4n) is 2.11. The largest absolute Gasteiger partial charge is 0.490 e. The minimum atomic E-state index is -5.08. The van der Waals surface area contributed by atoms with Gasteiger partial charge in [0.2, 0.25) is 5.91 Å². The monoisotopic (exact) mass is 342 g/mol. The number of nitrogens with two attached hydrogens (primary N) is 1. The van der Waals surface area contributed by atoms with E-state index in [0.29, 0.717) is 25.3 Å². The van der Waals surface area contributed by atoms with Gasteiger partial charge in [-0.2, -0.15) is 13.2 Å². The van der Waals surface area contributed by atoms with Crippen LogP contribution < -0.4 is 5.73 Å². The molecule has 0 saturated carbocycles. The fraction of sp³-hybridized carbons (Fsp3) is 0.769. The zero-order chi connectivity index (χ0) is 18.4. The number of aliphatic carboxylic acids is 2. The van der Waals surface area contributed by atoms with Crippen LogP contribution in [0.1, 0.15) is 33.1 Å². The van der Waals surface area contributed by atoms with Crippen molar-refractivity contribution >= 4 is 17.8 Å². The van der Waals surface area contributed by atoms with Crippen LogP contribution in [-0.4, -0.2) is 57.8 Å². The number of rotatable bonds is 4. The van der Waals surface area contributed by atoms with Gasteiger partial charge >= 0.3 is 18.1 Å². The molecule has 4 N–H and O–H groups in total. The predicted molar refractivity (Wildman–Crippen MR) is 73.5 cm³/mol. The quantitative estimate of drug-likeness (QED) is 0.703. The SMILES string of the molecule is CC(C)C[C@H](N)C(=O)N1CCC[C@H]1C(=O)O.O=C(O)C(F)(F)F. The standard InChI is InChI=1S/C11H20N2O3.C2HF3O2/c1-7(2)6-8(12)10(14)13-5-3-4-9(13)11(15)16;3-2(4,5)1(6)7/h7-9H,3-6,12H2,1-2H3,(H,15,16);(H,6,7)/t8-,9-;/m0./s1. The Bertz CT molecular complexity index is 440. The summed E-state index contributed by atoms with van der Waals surface area (Å²) < 4.78 is 31.7. The molecule has 1 aliphatic rings. The summed E-state index contributed by atoms with van der Waals surface area (Å²) >= 11 is 0. The van der Waals surface area contributed by atoms with E-state index in [-0.39, 0.29) is 5.91 Å². The van der Waals surface area contributed by atoms with E-state index < -0.39 is 30.2 Å². The molecule has 1 fully saturated rings. The lowest BCUT2D eigenvalue weighted by molar-refractivity contribution is -0.192. The Morgan fingerprint density at radius 3 is 2.09 bits per heavy atom. The first kappa shape index (κ1) is 21.2. The molecule has 0 unspecified atom stereocenters. The highest BCUT2D eigenvalue weighted by atomic mass is 19.4. The number of hydrogen-bond acceptors (Lipinski definition) is 4. The van der Waals surface area contributed by atoms with Crippen molar-refractivity contribution in [3.8, 4) is 0 Å². The van der Waals surface area contributed by atoms with Gasteiger partial charge in [0.15, 0.2) is 0 Å². The van der Waals surface area contributed by atoms with E-state index in [1.165, 1.54) is 4.90 Å². The van der Waals surface area contributed by atoms with Crippen LogP contribution in [0.2, 0.25) is 0 Å². The minimum Gasteiger partial charge on any atom is -0.480 e. The Kier molecular flexibility index (Phi) is 8.01. The molecule has 1 saturated heterocycles. The average molecular weight is 342 g/mol. The summed E-state index contributed by atoms with van der Waals surface area (Å²) in [7, 11) is 0. The Morgan fingerprint density at radius 1 is 1.26 bits per heavy atom. The van der Waals surface area contributed by atoms with Gasteiger partial charge in [0.05, 0.1) is 6.04 Å². The number of amides is 1. The summed E-state index contributed by atoms with van der Waals surface area (Å²) in [4.78, 5) is 33.2. The zero-order valence-electron chi connectivity index (χ0n) is 12.8. The third kappa shape index (κ3) is 7.31. The van der Waals surface area contributed by atoms with Crippen LogP contribution in [0.3, 0.4) is 0 Å². The molecule has 134 valence electrons. The lowest BCUT2D eigenvalue weighted by atomic mass is 10.0. The van der Waals surface area contributed by atoms with Gasteiger partial charge in [-0.05, 0) is 25.2 Å². The molecule has 0 bridgehead atoms. The van der Waals surface area contributed by atoms with Gasteiger partial charge in [-0.3, -0.25) is 4.79 Å². The first-order valence-corrected chi connectivity index (χ1v) is 6.96. The van der Waals surface area contributed by atoms with Crippen molar-refractivity contribution in [2.45, 2.75) is 51.4 Å². The van der Waals surface area contributed by atoms with Gasteiger partial charge in [-0.15, -0.1) is 0 Å². The second kappa shape index (κ2) is 8.70. The van der Waals surface area contributed by atoms with Crippen molar-refractivity contribution < 1.29 is 37.8 Å². The van der Waals surface area contributed by atoms with Crippen molar-refractivity contribution in [2.75, 3.05) is 6.54 Å². The van der Waals surface area contributed by atoms with Gasteiger partial charge in [0.1, 0.15) is 6.04 Å². The maximum Gasteiger partial charge on any atom is 0.490 e. The van der Waals surface area contributed by atoms with Crippen LogP contribution in [-0.2, 0) is 14.4 Å². The molecule has 0 aliphatic carbocycles. The van der Waals surface area contributed by atoms with Crippen molar-refractivity contribution in [3.05, 3.63) is 0 Å². The summed E-state index contributed by atoms with van der Waals surface area (Å²) in [5.74, 6) is -3.57. The van der Waals surface area contributed by atoms with Crippen LogP contribution in [0.4, 0.5) is 13.2 Å². The van der Waals surface area contributed by atoms with E-state index in [1.54, 1.807) is 0 Å². The Hall–Kier alpha value is -1.84. The van der Waals surface area contributed by atoms with E-state index in [1.807, 2.05) is 13.8 Å². The van der Waals surface area contributed by atoms with E-state index >= 15 is 0 Å². The number of carbonyl (C=O) groups is 3. The van der Waals surface area contributed by atoms with E-state index in [2.05, 4.69) is 0 Å². The lowest BCUT2D eigenvalue weighted by Gasteiger charge is -2.25. The molecule has 0 aromatic carbocycles. The van der Waals surface area contributed by atoms with Crippen LogP contribution in [0.15, 0.2) is 0 Å². The number of hydrogen-bond donors (Lipinski definition) is 3. The summed E-state index contributed by atoms with van der Waals surface area (Å²) in [6.07, 6.45) is -3.20. The van der Waals surface area contributed by atoms with E-state index in [4.69, 9.17) is 20.7 Å². The first-order valence-electron chi connectivity index (χ1n) is 6.96. The molecule has 2 atom stereocenters. The van der Waals surface area contributed by atoms with Crippen molar-refractivity contribution in [2.24, 2.45) is 11.7 Å². The molecule has 7 nitrogen and oxygen atoms in total. The molecule has 1 rings (SSSR count). The molecule has 1 aliphatic heterocycles. The predicted octanol–water partition coefficient (Wildman–Crippen LogP) is 1.07. The summed E-state index contributed by atoms with van der Waals surface area (Å²) in [6, 6.07) is -1.24. The highest BCUT2D eigenvalue weighted by Gasteiger charge is 2.38. The second-order valence-electron chi connectivity index (χ2n) is 5.57. The number of halogens is 3. The molecule has 23 heavy (non-hydrogen) atoms. The average Bonchev–Trinajstić information content (AvgIpc) is 2.85. The van der Waals surface area contributed by atoms with Gasteiger partial charge in [-0.1, -0.05) is 13.8 Å². The number of alkyl halides is 3. The summed E-state index contributed by atoms with van der Waals surface area (Å²) in [6.45, 7) is 4.50. The second-order valence-corrected chi connectivity index (χ2v) is 5.57. The van der Waals surface area contributed by atoms with Crippen LogP contribution in [0.5, 0.6) is 0 Å². The zero-order valence-corrected chi connectivity index (χ0v) is 12.8. The Labute approximate surface area is 131 Å². The number of likely N-dealkylation sites (tertiary alicyclic amines) is 1. The van der Waals surface area contributed by atoms with Crippen LogP contribution in [0.25, 0.3) is 0 Å². The third-order valence-corrected chi connectivity index (χ3v) is 3.11. The first-order chi connectivity index (χ1) is 10.4. The molecule has 1 heterocycles. The van der Waals surface area contributed by atoms with E-state index in [9.17, 15) is 22.8 Å².